The van der Waals surface area contributed by atoms with E-state index in [4.69, 9.17) is 0 Å². The van der Waals surface area contributed by atoms with Crippen LogP contribution in [0.1, 0.15) is 34.8 Å². The minimum Gasteiger partial charge on any atom is -0.332 e. The number of benzene rings is 2. The fraction of sp³-hybridized carbons (Fsp3) is 0.200. The fourth-order valence-electron chi connectivity index (χ4n) is 3.43. The summed E-state index contributed by atoms with van der Waals surface area (Å²) in [5.74, 6) is 0.120. The van der Waals surface area contributed by atoms with E-state index in [1.54, 1.807) is 12.4 Å². The van der Waals surface area contributed by atoms with Gasteiger partial charge in [0.15, 0.2) is 0 Å². The van der Waals surface area contributed by atoms with Crippen molar-refractivity contribution in [2.75, 3.05) is 6.54 Å². The highest BCUT2D eigenvalue weighted by Crippen LogP contribution is 2.33. The average Bonchev–Trinajstić information content (AvgIpc) is 3.11. The average molecular weight is 302 g/mol. The van der Waals surface area contributed by atoms with E-state index >= 15 is 0 Å². The summed E-state index contributed by atoms with van der Waals surface area (Å²) in [5, 5.41) is 2.27. The van der Waals surface area contributed by atoms with Gasteiger partial charge in [-0.2, -0.15) is 0 Å². The molecule has 3 heteroatoms. The van der Waals surface area contributed by atoms with E-state index in [9.17, 15) is 4.79 Å². The first-order valence-electron chi connectivity index (χ1n) is 8.02. The standard InChI is InChI=1S/C20H18N2O/c23-20(18-8-7-15-4-1-2-5-17(15)14-18)22-13-3-6-19(22)16-9-11-21-12-10-16/h1-2,4-5,7-12,14,19H,3,6,13H2. The van der Waals surface area contributed by atoms with Gasteiger partial charge in [0.2, 0.25) is 0 Å². The summed E-state index contributed by atoms with van der Waals surface area (Å²) >= 11 is 0. The third-order valence-corrected chi connectivity index (χ3v) is 4.60. The van der Waals surface area contributed by atoms with Gasteiger partial charge in [0.1, 0.15) is 0 Å². The topological polar surface area (TPSA) is 33.2 Å². The zero-order valence-corrected chi connectivity index (χ0v) is 12.9. The van der Waals surface area contributed by atoms with E-state index in [1.807, 2.05) is 47.4 Å². The van der Waals surface area contributed by atoms with Crippen molar-refractivity contribution < 1.29 is 4.79 Å². The Kier molecular flexibility index (Phi) is 3.54. The lowest BCUT2D eigenvalue weighted by Gasteiger charge is -2.25. The van der Waals surface area contributed by atoms with E-state index in [0.29, 0.717) is 0 Å². The van der Waals surface area contributed by atoms with Crippen LogP contribution >= 0.6 is 0 Å². The number of rotatable bonds is 2. The zero-order valence-electron chi connectivity index (χ0n) is 12.9. The van der Waals surface area contributed by atoms with Crippen molar-refractivity contribution in [3.8, 4) is 0 Å². The Hall–Kier alpha value is -2.68. The Morgan fingerprint density at radius 3 is 2.61 bits per heavy atom. The van der Waals surface area contributed by atoms with Crippen LogP contribution in [0.4, 0.5) is 0 Å². The number of hydrogen-bond acceptors (Lipinski definition) is 2. The van der Waals surface area contributed by atoms with Crippen LogP contribution in [0.2, 0.25) is 0 Å². The number of nitrogens with zero attached hydrogens (tertiary/aromatic N) is 2. The lowest BCUT2D eigenvalue weighted by Crippen LogP contribution is -2.30. The van der Waals surface area contributed by atoms with Crippen molar-refractivity contribution in [1.29, 1.82) is 0 Å². The molecule has 1 unspecified atom stereocenters. The second-order valence-electron chi connectivity index (χ2n) is 6.00. The Balaban J connectivity index is 1.66. The molecule has 3 nitrogen and oxygen atoms in total. The van der Waals surface area contributed by atoms with Crippen LogP contribution in [0.25, 0.3) is 10.8 Å². The van der Waals surface area contributed by atoms with Gasteiger partial charge in [-0.1, -0.05) is 30.3 Å². The summed E-state index contributed by atoms with van der Waals surface area (Å²) in [4.78, 5) is 19.1. The largest absolute Gasteiger partial charge is 0.332 e. The summed E-state index contributed by atoms with van der Waals surface area (Å²) in [6.45, 7) is 0.818. The monoisotopic (exact) mass is 302 g/mol. The molecular formula is C20H18N2O. The van der Waals surface area contributed by atoms with Crippen molar-refractivity contribution in [3.63, 3.8) is 0 Å². The predicted octanol–water partition coefficient (Wildman–Crippen LogP) is 4.21. The molecule has 3 aromatic rings. The maximum Gasteiger partial charge on any atom is 0.254 e. The number of pyridine rings is 1. The van der Waals surface area contributed by atoms with Gasteiger partial charge in [0.25, 0.3) is 5.91 Å². The summed E-state index contributed by atoms with van der Waals surface area (Å²) < 4.78 is 0. The van der Waals surface area contributed by atoms with E-state index in [2.05, 4.69) is 17.1 Å². The maximum absolute atomic E-state index is 13.0. The third-order valence-electron chi connectivity index (χ3n) is 4.60. The zero-order chi connectivity index (χ0) is 15.6. The Labute approximate surface area is 135 Å². The molecule has 1 aliphatic heterocycles. The van der Waals surface area contributed by atoms with Crippen molar-refractivity contribution in [3.05, 3.63) is 78.1 Å². The van der Waals surface area contributed by atoms with Gasteiger partial charge < -0.3 is 4.90 Å². The van der Waals surface area contributed by atoms with Gasteiger partial charge in [-0.15, -0.1) is 0 Å². The predicted molar refractivity (Wildman–Crippen MR) is 91.2 cm³/mol. The molecule has 2 heterocycles. The second-order valence-corrected chi connectivity index (χ2v) is 6.00. The van der Waals surface area contributed by atoms with Crippen molar-refractivity contribution in [1.82, 2.24) is 9.88 Å². The highest BCUT2D eigenvalue weighted by molar-refractivity contribution is 5.98. The quantitative estimate of drug-likeness (QED) is 0.710. The number of hydrogen-bond donors (Lipinski definition) is 0. The molecule has 1 saturated heterocycles. The van der Waals surface area contributed by atoms with E-state index in [-0.39, 0.29) is 11.9 Å². The molecule has 1 aromatic heterocycles. The lowest BCUT2D eigenvalue weighted by molar-refractivity contribution is 0.0736. The SMILES string of the molecule is O=C(c1ccc2ccccc2c1)N1CCCC1c1ccncc1. The van der Waals surface area contributed by atoms with Gasteiger partial charge in [-0.25, -0.2) is 0 Å². The van der Waals surface area contributed by atoms with E-state index in [0.717, 1.165) is 35.7 Å². The molecule has 114 valence electrons. The van der Waals surface area contributed by atoms with Crippen LogP contribution in [0, 0.1) is 0 Å². The summed E-state index contributed by atoms with van der Waals surface area (Å²) in [6.07, 6.45) is 5.66. The molecule has 1 aliphatic rings. The molecule has 1 fully saturated rings. The van der Waals surface area contributed by atoms with Crippen LogP contribution in [0.3, 0.4) is 0 Å². The van der Waals surface area contributed by atoms with Gasteiger partial charge in [0, 0.05) is 24.5 Å². The smallest absolute Gasteiger partial charge is 0.254 e. The van der Waals surface area contributed by atoms with Crippen LogP contribution in [-0.2, 0) is 0 Å². The number of likely N-dealkylation sites (tertiary alicyclic amines) is 1. The van der Waals surface area contributed by atoms with Gasteiger partial charge in [-0.05, 0) is 53.4 Å². The number of amides is 1. The molecule has 0 aliphatic carbocycles. The van der Waals surface area contributed by atoms with Gasteiger partial charge in [0.05, 0.1) is 6.04 Å². The number of carbonyl (C=O) groups is 1. The molecule has 1 atom stereocenters. The van der Waals surface area contributed by atoms with Crippen molar-refractivity contribution in [2.45, 2.75) is 18.9 Å². The normalized spacial score (nSPS) is 17.6. The van der Waals surface area contributed by atoms with E-state index in [1.165, 1.54) is 5.56 Å². The first-order valence-corrected chi connectivity index (χ1v) is 8.02. The lowest BCUT2D eigenvalue weighted by atomic mass is 10.0. The molecule has 0 radical (unpaired) electrons. The van der Waals surface area contributed by atoms with E-state index < -0.39 is 0 Å². The molecule has 0 saturated carbocycles. The van der Waals surface area contributed by atoms with Crippen molar-refractivity contribution >= 4 is 16.7 Å². The van der Waals surface area contributed by atoms with Gasteiger partial charge >= 0.3 is 0 Å². The molecule has 0 spiro atoms. The summed E-state index contributed by atoms with van der Waals surface area (Å²) in [5.41, 5.74) is 1.94. The highest BCUT2D eigenvalue weighted by atomic mass is 16.2. The number of carbonyl (C=O) groups excluding carboxylic acids is 1. The summed E-state index contributed by atoms with van der Waals surface area (Å²) in [6, 6.07) is 18.3. The van der Waals surface area contributed by atoms with Crippen LogP contribution in [0.5, 0.6) is 0 Å². The first-order chi connectivity index (χ1) is 11.3. The minimum absolute atomic E-state index is 0.120. The molecule has 2 aromatic carbocycles. The Morgan fingerprint density at radius 1 is 1.00 bits per heavy atom. The minimum atomic E-state index is 0.120. The van der Waals surface area contributed by atoms with Crippen LogP contribution in [-0.4, -0.2) is 22.3 Å². The van der Waals surface area contributed by atoms with Crippen LogP contribution < -0.4 is 0 Å². The van der Waals surface area contributed by atoms with Crippen LogP contribution in [0.15, 0.2) is 67.0 Å². The number of fused-ring (bicyclic) bond motifs is 1. The maximum atomic E-state index is 13.0. The summed E-state index contributed by atoms with van der Waals surface area (Å²) in [7, 11) is 0. The first kappa shape index (κ1) is 13.9. The number of aromatic nitrogens is 1. The fourth-order valence-corrected chi connectivity index (χ4v) is 3.43. The molecule has 0 N–H and O–H groups in total. The van der Waals surface area contributed by atoms with Gasteiger partial charge in [-0.3, -0.25) is 9.78 Å². The molecule has 1 amide bonds. The Bertz CT molecular complexity index is 844. The Morgan fingerprint density at radius 2 is 1.78 bits per heavy atom. The van der Waals surface area contributed by atoms with Crippen molar-refractivity contribution in [2.24, 2.45) is 0 Å². The highest BCUT2D eigenvalue weighted by Gasteiger charge is 2.30. The second kappa shape index (κ2) is 5.84. The third kappa shape index (κ3) is 2.59. The molecule has 23 heavy (non-hydrogen) atoms. The molecule has 0 bridgehead atoms. The molecular weight excluding hydrogens is 284 g/mol. The molecule has 4 rings (SSSR count).